The average molecular weight is 506 g/mol. The van der Waals surface area contributed by atoms with E-state index in [1.54, 1.807) is 0 Å². The standard InChI is InChI=1S/C31H35N7/c1-7-16-37(20-24-8-10-25(11-9-24)26-12-14-32-15-13-26)29-18-22(3)34-31-30(23(4)35-38(29)31)27-19-33-28(36(5)6)17-21(27)2/h8-15,17-19H,7,16,20H2,1-6H3. The third-order valence-electron chi connectivity index (χ3n) is 6.86. The van der Waals surface area contributed by atoms with Gasteiger partial charge in [-0.2, -0.15) is 9.61 Å². The number of aromatic nitrogens is 5. The lowest BCUT2D eigenvalue weighted by molar-refractivity contribution is 0.728. The number of hydrogen-bond donors (Lipinski definition) is 0. The van der Waals surface area contributed by atoms with E-state index in [9.17, 15) is 0 Å². The third-order valence-corrected chi connectivity index (χ3v) is 6.86. The molecule has 5 aromatic rings. The Hall–Kier alpha value is -4.26. The largest absolute Gasteiger partial charge is 0.363 e. The fourth-order valence-electron chi connectivity index (χ4n) is 4.93. The third kappa shape index (κ3) is 4.96. The number of pyridine rings is 2. The van der Waals surface area contributed by atoms with E-state index >= 15 is 0 Å². The van der Waals surface area contributed by atoms with Crippen LogP contribution in [0.3, 0.4) is 0 Å². The molecule has 0 bridgehead atoms. The Balaban J connectivity index is 1.54. The van der Waals surface area contributed by atoms with Crippen molar-refractivity contribution in [2.45, 2.75) is 40.7 Å². The van der Waals surface area contributed by atoms with Gasteiger partial charge in [-0.15, -0.1) is 0 Å². The maximum absolute atomic E-state index is 5.00. The molecular weight excluding hydrogens is 470 g/mol. The number of nitrogens with zero attached hydrogens (tertiary/aromatic N) is 7. The van der Waals surface area contributed by atoms with E-state index in [2.05, 4.69) is 79.0 Å². The molecule has 7 heteroatoms. The number of anilines is 2. The van der Waals surface area contributed by atoms with Crippen molar-refractivity contribution >= 4 is 17.3 Å². The van der Waals surface area contributed by atoms with Crippen LogP contribution in [-0.2, 0) is 6.54 Å². The normalized spacial score (nSPS) is 11.2. The molecule has 0 radical (unpaired) electrons. The van der Waals surface area contributed by atoms with Gasteiger partial charge in [-0.25, -0.2) is 9.97 Å². The Bertz CT molecular complexity index is 1550. The van der Waals surface area contributed by atoms with Crippen LogP contribution in [0.15, 0.2) is 67.1 Å². The molecule has 5 rings (SSSR count). The molecule has 0 spiro atoms. The topological polar surface area (TPSA) is 62.5 Å². The molecule has 0 amide bonds. The van der Waals surface area contributed by atoms with Crippen molar-refractivity contribution in [1.82, 2.24) is 24.6 Å². The average Bonchev–Trinajstić information content (AvgIpc) is 3.24. The molecule has 0 aliphatic rings. The van der Waals surface area contributed by atoms with Gasteiger partial charge in [0.05, 0.1) is 11.3 Å². The van der Waals surface area contributed by atoms with Crippen LogP contribution in [0.5, 0.6) is 0 Å². The highest BCUT2D eigenvalue weighted by Crippen LogP contribution is 2.33. The highest BCUT2D eigenvalue weighted by atomic mass is 15.4. The summed E-state index contributed by atoms with van der Waals surface area (Å²) in [5.74, 6) is 1.99. The lowest BCUT2D eigenvalue weighted by atomic mass is 10.0. The molecule has 4 heterocycles. The molecule has 0 fully saturated rings. The van der Waals surface area contributed by atoms with Gasteiger partial charge >= 0.3 is 0 Å². The van der Waals surface area contributed by atoms with Crippen molar-refractivity contribution in [1.29, 1.82) is 0 Å². The fourth-order valence-corrected chi connectivity index (χ4v) is 4.93. The van der Waals surface area contributed by atoms with Crippen LogP contribution in [0, 0.1) is 20.8 Å². The van der Waals surface area contributed by atoms with E-state index in [1.807, 2.05) is 54.2 Å². The summed E-state index contributed by atoms with van der Waals surface area (Å²) in [4.78, 5) is 18.2. The smallest absolute Gasteiger partial charge is 0.165 e. The first-order valence-corrected chi connectivity index (χ1v) is 13.1. The molecule has 194 valence electrons. The van der Waals surface area contributed by atoms with Gasteiger partial charge in [-0.1, -0.05) is 31.2 Å². The number of benzene rings is 1. The van der Waals surface area contributed by atoms with Gasteiger partial charge in [-0.05, 0) is 67.6 Å². The highest BCUT2D eigenvalue weighted by Gasteiger charge is 2.21. The molecule has 0 unspecified atom stereocenters. The second kappa shape index (κ2) is 10.6. The van der Waals surface area contributed by atoms with Gasteiger partial charge in [0.15, 0.2) is 5.65 Å². The van der Waals surface area contributed by atoms with E-state index in [4.69, 9.17) is 10.1 Å². The van der Waals surface area contributed by atoms with Crippen molar-refractivity contribution in [3.05, 3.63) is 89.6 Å². The molecular formula is C31H35N7. The summed E-state index contributed by atoms with van der Waals surface area (Å²) < 4.78 is 2.01. The zero-order valence-corrected chi connectivity index (χ0v) is 23.1. The molecule has 38 heavy (non-hydrogen) atoms. The predicted octanol–water partition coefficient (Wildman–Crippen LogP) is 6.26. The summed E-state index contributed by atoms with van der Waals surface area (Å²) in [6.45, 7) is 10.2. The molecule has 0 atom stereocenters. The van der Waals surface area contributed by atoms with Crippen molar-refractivity contribution in [3.8, 4) is 22.3 Å². The van der Waals surface area contributed by atoms with Crippen LogP contribution < -0.4 is 9.80 Å². The van der Waals surface area contributed by atoms with Gasteiger partial charge in [-0.3, -0.25) is 4.98 Å². The lowest BCUT2D eigenvalue weighted by Crippen LogP contribution is -2.26. The molecule has 0 aliphatic carbocycles. The molecule has 7 nitrogen and oxygen atoms in total. The zero-order valence-electron chi connectivity index (χ0n) is 23.1. The number of hydrogen-bond acceptors (Lipinski definition) is 6. The number of fused-ring (bicyclic) bond motifs is 1. The summed E-state index contributed by atoms with van der Waals surface area (Å²) in [6.07, 6.45) is 6.64. The van der Waals surface area contributed by atoms with Gasteiger partial charge in [0.2, 0.25) is 0 Å². The Morgan fingerprint density at radius 2 is 1.61 bits per heavy atom. The fraction of sp³-hybridized carbons (Fsp3) is 0.290. The quantitative estimate of drug-likeness (QED) is 0.248. The highest BCUT2D eigenvalue weighted by molar-refractivity contribution is 5.83. The van der Waals surface area contributed by atoms with E-state index in [1.165, 1.54) is 16.7 Å². The Morgan fingerprint density at radius 3 is 2.26 bits per heavy atom. The first kappa shape index (κ1) is 25.4. The Labute approximate surface area is 224 Å². The van der Waals surface area contributed by atoms with Crippen LogP contribution in [0.25, 0.3) is 27.9 Å². The van der Waals surface area contributed by atoms with Crippen LogP contribution in [-0.4, -0.2) is 45.2 Å². The maximum atomic E-state index is 5.00. The Kier molecular flexibility index (Phi) is 7.09. The number of rotatable bonds is 8. The van der Waals surface area contributed by atoms with Crippen molar-refractivity contribution < 1.29 is 0 Å². The monoisotopic (exact) mass is 505 g/mol. The van der Waals surface area contributed by atoms with Gasteiger partial charge < -0.3 is 9.80 Å². The van der Waals surface area contributed by atoms with Gasteiger partial charge in [0, 0.05) is 63.1 Å². The second-order valence-corrected chi connectivity index (χ2v) is 10.1. The SMILES string of the molecule is CCCN(Cc1ccc(-c2ccncc2)cc1)c1cc(C)nc2c(-c3cnc(N(C)C)cc3C)c(C)nn12. The first-order valence-electron chi connectivity index (χ1n) is 13.1. The maximum Gasteiger partial charge on any atom is 0.165 e. The minimum Gasteiger partial charge on any atom is -0.363 e. The summed E-state index contributed by atoms with van der Waals surface area (Å²) >= 11 is 0. The van der Waals surface area contributed by atoms with Crippen LogP contribution in [0.2, 0.25) is 0 Å². The summed E-state index contributed by atoms with van der Waals surface area (Å²) in [6, 6.07) is 17.1. The van der Waals surface area contributed by atoms with E-state index in [-0.39, 0.29) is 0 Å². The van der Waals surface area contributed by atoms with Gasteiger partial charge in [0.1, 0.15) is 11.6 Å². The first-order chi connectivity index (χ1) is 18.4. The van der Waals surface area contributed by atoms with Crippen LogP contribution in [0.4, 0.5) is 11.6 Å². The molecule has 0 aliphatic heterocycles. The van der Waals surface area contributed by atoms with E-state index in [0.29, 0.717) is 0 Å². The van der Waals surface area contributed by atoms with E-state index < -0.39 is 0 Å². The van der Waals surface area contributed by atoms with Crippen molar-refractivity contribution in [3.63, 3.8) is 0 Å². The minimum atomic E-state index is 0.787. The second-order valence-electron chi connectivity index (χ2n) is 10.1. The molecule has 4 aromatic heterocycles. The van der Waals surface area contributed by atoms with Gasteiger partial charge in [0.25, 0.3) is 0 Å². The predicted molar refractivity (Wildman–Crippen MR) is 156 cm³/mol. The summed E-state index contributed by atoms with van der Waals surface area (Å²) in [7, 11) is 4.02. The Morgan fingerprint density at radius 1 is 0.895 bits per heavy atom. The summed E-state index contributed by atoms with van der Waals surface area (Å²) in [5.41, 5.74) is 9.68. The van der Waals surface area contributed by atoms with Crippen molar-refractivity contribution in [2.24, 2.45) is 0 Å². The molecule has 0 N–H and O–H groups in total. The van der Waals surface area contributed by atoms with Crippen LogP contribution in [0.1, 0.15) is 35.9 Å². The zero-order chi connectivity index (χ0) is 26.8. The van der Waals surface area contributed by atoms with E-state index in [0.717, 1.165) is 64.9 Å². The molecule has 0 saturated carbocycles. The van der Waals surface area contributed by atoms with Crippen LogP contribution >= 0.6 is 0 Å². The molecule has 1 aromatic carbocycles. The molecule has 0 saturated heterocycles. The lowest BCUT2D eigenvalue weighted by Gasteiger charge is -2.25. The minimum absolute atomic E-state index is 0.787. The summed E-state index contributed by atoms with van der Waals surface area (Å²) in [5, 5.41) is 5.00. The van der Waals surface area contributed by atoms with Crippen molar-refractivity contribution in [2.75, 3.05) is 30.4 Å². The number of aryl methyl sites for hydroxylation is 3.